The summed E-state index contributed by atoms with van der Waals surface area (Å²) >= 11 is 1.49. The highest BCUT2D eigenvalue weighted by molar-refractivity contribution is 7.13. The predicted molar refractivity (Wildman–Crippen MR) is 77.3 cm³/mol. The molecule has 0 saturated heterocycles. The molecule has 22 heavy (non-hydrogen) atoms. The van der Waals surface area contributed by atoms with Gasteiger partial charge >= 0.3 is 0 Å². The summed E-state index contributed by atoms with van der Waals surface area (Å²) in [6.45, 7) is 0.0154. The first-order valence-electron chi connectivity index (χ1n) is 6.37. The first-order chi connectivity index (χ1) is 10.6. The number of thiophene rings is 1. The van der Waals surface area contributed by atoms with E-state index in [1.807, 2.05) is 17.5 Å². The fourth-order valence-corrected chi connectivity index (χ4v) is 2.58. The van der Waals surface area contributed by atoms with Gasteiger partial charge in [-0.1, -0.05) is 17.3 Å². The van der Waals surface area contributed by atoms with E-state index in [4.69, 9.17) is 4.52 Å². The van der Waals surface area contributed by atoms with Crippen LogP contribution >= 0.6 is 11.3 Å². The van der Waals surface area contributed by atoms with Gasteiger partial charge in [0.2, 0.25) is 0 Å². The fraction of sp³-hybridized carbons (Fsp3) is 0.0667. The van der Waals surface area contributed by atoms with Gasteiger partial charge in [0.25, 0.3) is 5.91 Å². The lowest BCUT2D eigenvalue weighted by atomic mass is 10.2. The summed E-state index contributed by atoms with van der Waals surface area (Å²) in [5.74, 6) is -2.07. The molecule has 4 nitrogen and oxygen atoms in total. The van der Waals surface area contributed by atoms with E-state index in [0.717, 1.165) is 17.0 Å². The Morgan fingerprint density at radius 1 is 1.23 bits per heavy atom. The Hall–Kier alpha value is -2.54. The average Bonchev–Trinajstić information content (AvgIpc) is 3.16. The molecular formula is C15H10F2N2O2S. The molecule has 0 aliphatic heterocycles. The molecule has 1 N–H and O–H groups in total. The van der Waals surface area contributed by atoms with Crippen LogP contribution < -0.4 is 5.32 Å². The van der Waals surface area contributed by atoms with Crippen molar-refractivity contribution in [2.45, 2.75) is 6.54 Å². The largest absolute Gasteiger partial charge is 0.355 e. The summed E-state index contributed by atoms with van der Waals surface area (Å²) in [6.07, 6.45) is 0. The van der Waals surface area contributed by atoms with Crippen LogP contribution in [0.4, 0.5) is 8.78 Å². The van der Waals surface area contributed by atoms with Crippen molar-refractivity contribution in [3.8, 4) is 10.6 Å². The van der Waals surface area contributed by atoms with Gasteiger partial charge in [0.15, 0.2) is 5.76 Å². The van der Waals surface area contributed by atoms with Gasteiger partial charge in [-0.05, 0) is 23.6 Å². The minimum absolute atomic E-state index is 0.0154. The molecule has 1 amide bonds. The van der Waals surface area contributed by atoms with Gasteiger partial charge in [0.05, 0.1) is 11.4 Å². The number of hydrogen-bond acceptors (Lipinski definition) is 4. The van der Waals surface area contributed by atoms with Crippen LogP contribution in [0.15, 0.2) is 46.3 Å². The van der Waals surface area contributed by atoms with E-state index in [0.29, 0.717) is 11.5 Å². The van der Waals surface area contributed by atoms with Crippen molar-refractivity contribution < 1.29 is 18.1 Å². The minimum Gasteiger partial charge on any atom is -0.355 e. The Labute approximate surface area is 128 Å². The number of nitrogens with one attached hydrogen (secondary N) is 1. The van der Waals surface area contributed by atoms with E-state index < -0.39 is 23.1 Å². The van der Waals surface area contributed by atoms with Crippen LogP contribution in [-0.4, -0.2) is 11.1 Å². The summed E-state index contributed by atoms with van der Waals surface area (Å²) in [4.78, 5) is 12.8. The quantitative estimate of drug-likeness (QED) is 0.799. The third-order valence-electron chi connectivity index (χ3n) is 2.94. The van der Waals surface area contributed by atoms with Crippen LogP contribution in [0.1, 0.15) is 16.1 Å². The van der Waals surface area contributed by atoms with Gasteiger partial charge in [-0.25, -0.2) is 8.78 Å². The molecule has 2 aromatic heterocycles. The number of carbonyl (C=O) groups excluding carboxylic acids is 1. The van der Waals surface area contributed by atoms with Crippen molar-refractivity contribution in [1.82, 2.24) is 10.5 Å². The van der Waals surface area contributed by atoms with Gasteiger partial charge in [-0.15, -0.1) is 11.3 Å². The maximum Gasteiger partial charge on any atom is 0.257 e. The molecule has 3 rings (SSSR count). The van der Waals surface area contributed by atoms with Crippen LogP contribution in [0.3, 0.4) is 0 Å². The summed E-state index contributed by atoms with van der Waals surface area (Å²) in [6, 6.07) is 8.69. The maximum absolute atomic E-state index is 13.5. The van der Waals surface area contributed by atoms with Crippen LogP contribution in [0.25, 0.3) is 10.6 Å². The zero-order chi connectivity index (χ0) is 15.5. The molecule has 0 saturated carbocycles. The number of carbonyl (C=O) groups is 1. The van der Waals surface area contributed by atoms with E-state index in [9.17, 15) is 13.6 Å². The van der Waals surface area contributed by atoms with E-state index >= 15 is 0 Å². The van der Waals surface area contributed by atoms with Crippen LogP contribution in [0.2, 0.25) is 0 Å². The average molecular weight is 320 g/mol. The smallest absolute Gasteiger partial charge is 0.257 e. The molecule has 0 fully saturated rings. The van der Waals surface area contributed by atoms with Gasteiger partial charge in [0.1, 0.15) is 22.9 Å². The molecule has 112 valence electrons. The molecule has 0 aliphatic carbocycles. The molecule has 0 atom stereocenters. The van der Waals surface area contributed by atoms with Gasteiger partial charge in [0, 0.05) is 6.07 Å². The molecule has 0 radical (unpaired) electrons. The Bertz CT molecular complexity index is 779. The van der Waals surface area contributed by atoms with E-state index in [1.165, 1.54) is 17.4 Å². The number of halogens is 2. The monoisotopic (exact) mass is 320 g/mol. The number of nitrogens with zero attached hydrogens (tertiary/aromatic N) is 1. The lowest BCUT2D eigenvalue weighted by Crippen LogP contribution is -2.25. The number of hydrogen-bond donors (Lipinski definition) is 1. The molecular weight excluding hydrogens is 310 g/mol. The predicted octanol–water partition coefficient (Wildman–Crippen LogP) is 3.61. The highest BCUT2D eigenvalue weighted by Gasteiger charge is 2.17. The van der Waals surface area contributed by atoms with E-state index in [-0.39, 0.29) is 6.54 Å². The molecule has 7 heteroatoms. The first kappa shape index (κ1) is 14.4. The highest BCUT2D eigenvalue weighted by Crippen LogP contribution is 2.25. The van der Waals surface area contributed by atoms with Crippen molar-refractivity contribution >= 4 is 17.2 Å². The van der Waals surface area contributed by atoms with Crippen LogP contribution in [0.5, 0.6) is 0 Å². The standard InChI is InChI=1S/C15H10F2N2O2S/c16-10-3-1-4-11(17)14(10)15(20)18-8-9-7-12(21-19-9)13-5-2-6-22-13/h1-7H,8H2,(H,18,20). The van der Waals surface area contributed by atoms with Crippen molar-refractivity contribution in [2.75, 3.05) is 0 Å². The minimum atomic E-state index is -0.906. The van der Waals surface area contributed by atoms with Crippen molar-refractivity contribution in [2.24, 2.45) is 0 Å². The molecule has 1 aromatic carbocycles. The van der Waals surface area contributed by atoms with Crippen molar-refractivity contribution in [3.63, 3.8) is 0 Å². The zero-order valence-electron chi connectivity index (χ0n) is 11.2. The van der Waals surface area contributed by atoms with Crippen molar-refractivity contribution in [3.05, 3.63) is 64.7 Å². The topological polar surface area (TPSA) is 55.1 Å². The Morgan fingerprint density at radius 3 is 2.68 bits per heavy atom. The molecule has 3 aromatic rings. The normalized spacial score (nSPS) is 10.6. The van der Waals surface area contributed by atoms with Gasteiger partial charge in [-0.2, -0.15) is 0 Å². The summed E-state index contributed by atoms with van der Waals surface area (Å²) in [7, 11) is 0. The van der Waals surface area contributed by atoms with Crippen LogP contribution in [-0.2, 0) is 6.54 Å². The maximum atomic E-state index is 13.5. The highest BCUT2D eigenvalue weighted by atomic mass is 32.1. The van der Waals surface area contributed by atoms with Crippen molar-refractivity contribution in [1.29, 1.82) is 0 Å². The SMILES string of the molecule is O=C(NCc1cc(-c2cccs2)on1)c1c(F)cccc1F. The summed E-state index contributed by atoms with van der Waals surface area (Å²) in [5, 5.41) is 8.13. The first-order valence-corrected chi connectivity index (χ1v) is 7.25. The molecule has 0 spiro atoms. The second-order valence-corrected chi connectivity index (χ2v) is 5.39. The second-order valence-electron chi connectivity index (χ2n) is 4.44. The lowest BCUT2D eigenvalue weighted by Gasteiger charge is -2.05. The lowest BCUT2D eigenvalue weighted by molar-refractivity contribution is 0.0941. The van der Waals surface area contributed by atoms with Gasteiger partial charge < -0.3 is 9.84 Å². The second kappa shape index (κ2) is 6.07. The number of benzene rings is 1. The Morgan fingerprint density at radius 2 is 2.00 bits per heavy atom. The van der Waals surface area contributed by atoms with E-state index in [1.54, 1.807) is 6.07 Å². The Kier molecular flexibility index (Phi) is 3.97. The molecule has 2 heterocycles. The summed E-state index contributed by atoms with van der Waals surface area (Å²) < 4.78 is 32.1. The number of aromatic nitrogens is 1. The molecule has 0 aliphatic rings. The number of amides is 1. The molecule has 0 unspecified atom stereocenters. The van der Waals surface area contributed by atoms with Crippen LogP contribution in [0, 0.1) is 11.6 Å². The van der Waals surface area contributed by atoms with Gasteiger partial charge in [-0.3, -0.25) is 4.79 Å². The summed E-state index contributed by atoms with van der Waals surface area (Å²) in [5.41, 5.74) is -0.141. The Balaban J connectivity index is 1.69. The molecule has 0 bridgehead atoms. The third kappa shape index (κ3) is 2.89. The fourth-order valence-electron chi connectivity index (χ4n) is 1.90. The number of rotatable bonds is 4. The third-order valence-corrected chi connectivity index (χ3v) is 3.83. The van der Waals surface area contributed by atoms with E-state index in [2.05, 4.69) is 10.5 Å². The zero-order valence-corrected chi connectivity index (χ0v) is 12.0.